The molecule has 0 atom stereocenters. The molecule has 0 radical (unpaired) electrons. The van der Waals surface area contributed by atoms with Crippen molar-refractivity contribution in [2.24, 2.45) is 4.99 Å². The molecule has 4 rings (SSSR count). The van der Waals surface area contributed by atoms with Gasteiger partial charge in [-0.1, -0.05) is 48.2 Å². The van der Waals surface area contributed by atoms with Gasteiger partial charge in [-0.15, -0.1) is 0 Å². The van der Waals surface area contributed by atoms with Crippen molar-refractivity contribution >= 4 is 46.3 Å². The Bertz CT molecular complexity index is 1560. The summed E-state index contributed by atoms with van der Waals surface area (Å²) in [5, 5.41) is 24.6. The second-order valence-electron chi connectivity index (χ2n) is 10.2. The highest BCUT2D eigenvalue weighted by Crippen LogP contribution is 2.41. The first-order valence-electron chi connectivity index (χ1n) is 13.2. The third kappa shape index (κ3) is 8.17. The van der Waals surface area contributed by atoms with Crippen LogP contribution in [0.2, 0.25) is 0 Å². The van der Waals surface area contributed by atoms with Crippen LogP contribution >= 0.6 is 11.8 Å². The van der Waals surface area contributed by atoms with Crippen molar-refractivity contribution in [1.82, 2.24) is 0 Å². The van der Waals surface area contributed by atoms with Gasteiger partial charge in [0.25, 0.3) is 0 Å². The zero-order valence-corrected chi connectivity index (χ0v) is 24.5. The number of aliphatic imine (C=N–C) groups is 1. The number of carbonyl (C=O) groups excluding carboxylic acids is 2. The molecule has 0 bridgehead atoms. The molecule has 42 heavy (non-hydrogen) atoms. The average Bonchev–Trinajstić information content (AvgIpc) is 3.22. The molecule has 3 aromatic carbocycles. The summed E-state index contributed by atoms with van der Waals surface area (Å²) in [6, 6.07) is 21.0. The Balaban J connectivity index is 1.48. The predicted octanol–water partition coefficient (Wildman–Crippen LogP) is 7.51. The molecule has 1 aliphatic rings. The van der Waals surface area contributed by atoms with Crippen LogP contribution in [0.3, 0.4) is 0 Å². The van der Waals surface area contributed by atoms with Crippen molar-refractivity contribution in [2.45, 2.75) is 39.9 Å². The number of amides is 1. The van der Waals surface area contributed by atoms with Crippen LogP contribution in [0.5, 0.6) is 11.5 Å². The lowest BCUT2D eigenvalue weighted by atomic mass is 10.1. The van der Waals surface area contributed by atoms with Gasteiger partial charge in [0.2, 0.25) is 0 Å². The van der Waals surface area contributed by atoms with Gasteiger partial charge < -0.3 is 24.4 Å². The number of hydrogen-bond acceptors (Lipinski definition) is 9. The topological polar surface area (TPSA) is 127 Å². The first-order valence-corrected chi connectivity index (χ1v) is 14.0. The monoisotopic (exact) mass is 588 g/mol. The van der Waals surface area contributed by atoms with E-state index in [-0.39, 0.29) is 36.0 Å². The van der Waals surface area contributed by atoms with Gasteiger partial charge in [0.1, 0.15) is 28.6 Å². The van der Waals surface area contributed by atoms with Crippen molar-refractivity contribution in [3.8, 4) is 11.5 Å². The first-order chi connectivity index (χ1) is 20.0. The van der Waals surface area contributed by atoms with E-state index in [9.17, 15) is 19.8 Å². The maximum absolute atomic E-state index is 12.6. The number of aromatic hydroxyl groups is 1. The molecule has 0 saturated heterocycles. The summed E-state index contributed by atoms with van der Waals surface area (Å²) in [5.74, 6) is -0.770. The fourth-order valence-electron chi connectivity index (χ4n) is 3.83. The molecule has 3 N–H and O–H groups in total. The van der Waals surface area contributed by atoms with Crippen molar-refractivity contribution in [2.75, 3.05) is 11.9 Å². The number of nitrogens with zero attached hydrogens (tertiary/aromatic N) is 1. The van der Waals surface area contributed by atoms with Gasteiger partial charge in [-0.25, -0.2) is 14.6 Å². The Hall–Kier alpha value is -4.70. The number of aliphatic hydroxyl groups is 1. The molecule has 0 aliphatic carbocycles. The summed E-state index contributed by atoms with van der Waals surface area (Å²) in [5.41, 5.74) is 1.89. The normalized spacial score (nSPS) is 15.1. The SMILES string of the molecule is CCOC(=O)C1=C(O)/C(=C/c2ccc(OCc3cccc(NC(=O)OC(C)(C)C)c3)c(O)c2)SC1=Nc1ccccc1. The van der Waals surface area contributed by atoms with Gasteiger partial charge in [0.15, 0.2) is 11.5 Å². The zero-order chi connectivity index (χ0) is 30.3. The quantitative estimate of drug-likeness (QED) is 0.231. The molecule has 0 fully saturated rings. The van der Waals surface area contributed by atoms with Crippen LogP contribution in [0, 0.1) is 0 Å². The van der Waals surface area contributed by atoms with Crippen LogP contribution < -0.4 is 10.1 Å². The summed E-state index contributed by atoms with van der Waals surface area (Å²) < 4.78 is 16.2. The molecule has 9 nitrogen and oxygen atoms in total. The van der Waals surface area contributed by atoms with Crippen molar-refractivity contribution in [3.63, 3.8) is 0 Å². The minimum Gasteiger partial charge on any atom is -0.506 e. The van der Waals surface area contributed by atoms with E-state index in [0.29, 0.717) is 26.9 Å². The highest BCUT2D eigenvalue weighted by molar-refractivity contribution is 8.18. The van der Waals surface area contributed by atoms with E-state index in [4.69, 9.17) is 14.2 Å². The number of benzene rings is 3. The second-order valence-corrected chi connectivity index (χ2v) is 11.2. The summed E-state index contributed by atoms with van der Waals surface area (Å²) in [6.07, 6.45) is 1.08. The summed E-state index contributed by atoms with van der Waals surface area (Å²) in [7, 11) is 0. The molecule has 10 heteroatoms. The molecule has 3 aromatic rings. The second kappa shape index (κ2) is 13.3. The molecule has 0 saturated carbocycles. The summed E-state index contributed by atoms with van der Waals surface area (Å²) >= 11 is 1.13. The molecule has 0 spiro atoms. The first kappa shape index (κ1) is 30.3. The number of anilines is 1. The van der Waals surface area contributed by atoms with E-state index in [1.54, 1.807) is 76.2 Å². The van der Waals surface area contributed by atoms with Gasteiger partial charge >= 0.3 is 12.1 Å². The van der Waals surface area contributed by atoms with Crippen LogP contribution in [-0.2, 0) is 20.9 Å². The van der Waals surface area contributed by atoms with Crippen molar-refractivity contribution in [3.05, 3.63) is 100 Å². The van der Waals surface area contributed by atoms with E-state index in [2.05, 4.69) is 10.3 Å². The van der Waals surface area contributed by atoms with Gasteiger partial charge in [-0.05, 0) is 81.3 Å². The number of thioether (sulfide) groups is 1. The van der Waals surface area contributed by atoms with Crippen LogP contribution in [0.4, 0.5) is 16.2 Å². The number of ether oxygens (including phenoxy) is 3. The Labute approximate surface area is 248 Å². The van der Waals surface area contributed by atoms with E-state index < -0.39 is 17.7 Å². The largest absolute Gasteiger partial charge is 0.506 e. The molecular formula is C32H32N2O7S. The maximum atomic E-state index is 12.6. The Morgan fingerprint density at radius 2 is 1.76 bits per heavy atom. The highest BCUT2D eigenvalue weighted by Gasteiger charge is 2.33. The standard InChI is InChI=1S/C32H32N2O7S/c1-5-39-30(37)27-28(36)26(42-29(27)33-22-11-7-6-8-12-22)18-20-14-15-25(24(35)17-20)40-19-21-10-9-13-23(16-21)34-31(38)41-32(2,3)4/h6-18,35-36H,5,19H2,1-4H3,(H,34,38)/b26-18-,33-29?. The van der Waals surface area contributed by atoms with Crippen molar-refractivity contribution < 1.29 is 34.0 Å². The number of phenolic OH excluding ortho intramolecular Hbond substituents is 1. The average molecular weight is 589 g/mol. The van der Waals surface area contributed by atoms with E-state index in [1.165, 1.54) is 6.07 Å². The summed E-state index contributed by atoms with van der Waals surface area (Å²) in [4.78, 5) is 29.6. The highest BCUT2D eigenvalue weighted by atomic mass is 32.2. The van der Waals surface area contributed by atoms with Gasteiger partial charge in [0.05, 0.1) is 17.2 Å². The number of aliphatic hydroxyl groups excluding tert-OH is 1. The molecule has 0 aromatic heterocycles. The zero-order valence-electron chi connectivity index (χ0n) is 23.7. The molecule has 1 aliphatic heterocycles. The minimum atomic E-state index is -0.669. The van der Waals surface area contributed by atoms with Gasteiger partial charge in [-0.3, -0.25) is 5.32 Å². The van der Waals surface area contributed by atoms with Gasteiger partial charge in [-0.2, -0.15) is 0 Å². The van der Waals surface area contributed by atoms with Crippen LogP contribution in [-0.4, -0.2) is 39.5 Å². The number of nitrogens with one attached hydrogen (secondary N) is 1. The third-order valence-corrected chi connectivity index (χ3v) is 6.62. The Morgan fingerprint density at radius 3 is 2.45 bits per heavy atom. The number of esters is 1. The minimum absolute atomic E-state index is 0.00971. The molecule has 1 heterocycles. The Kier molecular flexibility index (Phi) is 9.59. The number of rotatable bonds is 8. The van der Waals surface area contributed by atoms with E-state index in [0.717, 1.165) is 17.3 Å². The maximum Gasteiger partial charge on any atom is 0.412 e. The van der Waals surface area contributed by atoms with Crippen LogP contribution in [0.1, 0.15) is 38.8 Å². The Morgan fingerprint density at radius 1 is 1.00 bits per heavy atom. The number of carbonyl (C=O) groups is 2. The fourth-order valence-corrected chi connectivity index (χ4v) is 4.87. The molecule has 1 amide bonds. The van der Waals surface area contributed by atoms with Crippen molar-refractivity contribution in [1.29, 1.82) is 0 Å². The number of para-hydroxylation sites is 1. The fraction of sp³-hybridized carbons (Fsp3) is 0.219. The lowest BCUT2D eigenvalue weighted by Gasteiger charge is -2.19. The van der Waals surface area contributed by atoms with E-state index >= 15 is 0 Å². The number of phenols is 1. The van der Waals surface area contributed by atoms with Gasteiger partial charge in [0, 0.05) is 5.69 Å². The van der Waals surface area contributed by atoms with E-state index in [1.807, 2.05) is 24.3 Å². The van der Waals surface area contributed by atoms with Crippen LogP contribution in [0.25, 0.3) is 6.08 Å². The lowest BCUT2D eigenvalue weighted by molar-refractivity contribution is -0.138. The lowest BCUT2D eigenvalue weighted by Crippen LogP contribution is -2.27. The smallest absolute Gasteiger partial charge is 0.412 e. The number of hydrogen-bond donors (Lipinski definition) is 3. The summed E-state index contributed by atoms with van der Waals surface area (Å²) in [6.45, 7) is 7.34. The third-order valence-electron chi connectivity index (χ3n) is 5.60. The molecule has 0 unspecified atom stereocenters. The predicted molar refractivity (Wildman–Crippen MR) is 164 cm³/mol. The van der Waals surface area contributed by atoms with Crippen LogP contribution in [0.15, 0.2) is 94.0 Å². The molecule has 218 valence electrons. The molecular weight excluding hydrogens is 556 g/mol.